The Balaban J connectivity index is 1.86. The Bertz CT molecular complexity index is 365. The zero-order chi connectivity index (χ0) is 13.9. The van der Waals surface area contributed by atoms with Gasteiger partial charge in [0.05, 0.1) is 0 Å². The van der Waals surface area contributed by atoms with Crippen molar-refractivity contribution in [3.05, 3.63) is 0 Å². The molecule has 0 spiro atoms. The highest BCUT2D eigenvalue weighted by Gasteiger charge is 2.44. The molecular weight excluding hydrogens is 268 g/mol. The molecule has 1 saturated heterocycles. The molecule has 108 valence electrons. The lowest BCUT2D eigenvalue weighted by atomic mass is 9.90. The zero-order valence-corrected chi connectivity index (χ0v) is 11.8. The first-order valence-corrected chi connectivity index (χ1v) is 7.67. The van der Waals surface area contributed by atoms with Crippen molar-refractivity contribution in [3.8, 4) is 0 Å². The molecule has 0 aromatic heterocycles. The van der Waals surface area contributed by atoms with Gasteiger partial charge < -0.3 is 20.5 Å². The maximum Gasteiger partial charge on any atom is 0.329 e. The predicted octanol–water partition coefficient (Wildman–Crippen LogP) is 0.815. The second-order valence-corrected chi connectivity index (χ2v) is 6.47. The van der Waals surface area contributed by atoms with Crippen molar-refractivity contribution in [1.29, 1.82) is 0 Å². The van der Waals surface area contributed by atoms with Crippen LogP contribution in [-0.4, -0.2) is 53.4 Å². The van der Waals surface area contributed by atoms with E-state index in [9.17, 15) is 14.7 Å². The fourth-order valence-corrected chi connectivity index (χ4v) is 2.93. The van der Waals surface area contributed by atoms with Gasteiger partial charge in [0.1, 0.15) is 5.54 Å². The quantitative estimate of drug-likeness (QED) is 0.697. The summed E-state index contributed by atoms with van der Waals surface area (Å²) in [7, 11) is 0. The Labute approximate surface area is 116 Å². The second-order valence-electron chi connectivity index (χ2n) is 5.19. The van der Waals surface area contributed by atoms with Gasteiger partial charge in [-0.15, -0.1) is 0 Å². The molecule has 2 rings (SSSR count). The van der Waals surface area contributed by atoms with Crippen LogP contribution >= 0.6 is 11.8 Å². The standard InChI is InChI=1S/C12H20N2O4S/c1-19-11(2-3-11)8-13-10(17)14-12(9(15)16)4-6-18-7-5-12/h2-8H2,1H3,(H,15,16)(H2,13,14,17). The summed E-state index contributed by atoms with van der Waals surface area (Å²) in [6.07, 6.45) is 4.86. The van der Waals surface area contributed by atoms with Crippen LogP contribution in [0.1, 0.15) is 25.7 Å². The molecule has 1 heterocycles. The van der Waals surface area contributed by atoms with E-state index < -0.39 is 17.5 Å². The Morgan fingerprint density at radius 3 is 2.37 bits per heavy atom. The molecule has 3 N–H and O–H groups in total. The Hall–Kier alpha value is -0.950. The molecule has 2 aliphatic rings. The molecule has 0 atom stereocenters. The maximum absolute atomic E-state index is 11.9. The Morgan fingerprint density at radius 1 is 1.26 bits per heavy atom. The molecule has 0 aromatic carbocycles. The number of amides is 2. The third kappa shape index (κ3) is 3.33. The van der Waals surface area contributed by atoms with Gasteiger partial charge in [0.25, 0.3) is 0 Å². The van der Waals surface area contributed by atoms with Crippen LogP contribution in [0.5, 0.6) is 0 Å². The fraction of sp³-hybridized carbons (Fsp3) is 0.833. The van der Waals surface area contributed by atoms with Crippen molar-refractivity contribution in [2.24, 2.45) is 0 Å². The number of ether oxygens (including phenoxy) is 1. The average Bonchev–Trinajstić information content (AvgIpc) is 3.18. The number of aliphatic carboxylic acids is 1. The molecule has 2 amide bonds. The highest BCUT2D eigenvalue weighted by atomic mass is 32.2. The molecule has 19 heavy (non-hydrogen) atoms. The topological polar surface area (TPSA) is 87.7 Å². The van der Waals surface area contributed by atoms with Gasteiger partial charge in [-0.1, -0.05) is 0 Å². The maximum atomic E-state index is 11.9. The minimum Gasteiger partial charge on any atom is -0.480 e. The molecule has 0 bridgehead atoms. The van der Waals surface area contributed by atoms with E-state index in [1.165, 1.54) is 0 Å². The number of hydrogen-bond donors (Lipinski definition) is 3. The predicted molar refractivity (Wildman–Crippen MR) is 72.4 cm³/mol. The minimum absolute atomic E-state index is 0.170. The van der Waals surface area contributed by atoms with E-state index in [0.717, 1.165) is 12.8 Å². The van der Waals surface area contributed by atoms with Crippen LogP contribution in [0.15, 0.2) is 0 Å². The van der Waals surface area contributed by atoms with Crippen LogP contribution in [0, 0.1) is 0 Å². The molecule has 7 heteroatoms. The Kier molecular flexibility index (Phi) is 4.25. The molecule has 1 aliphatic heterocycles. The van der Waals surface area contributed by atoms with Crippen LogP contribution in [0.4, 0.5) is 4.79 Å². The van der Waals surface area contributed by atoms with Crippen molar-refractivity contribution in [2.75, 3.05) is 26.0 Å². The van der Waals surface area contributed by atoms with Crippen molar-refractivity contribution >= 4 is 23.8 Å². The van der Waals surface area contributed by atoms with Crippen molar-refractivity contribution in [2.45, 2.75) is 36.0 Å². The molecule has 2 fully saturated rings. The monoisotopic (exact) mass is 288 g/mol. The smallest absolute Gasteiger partial charge is 0.329 e. The average molecular weight is 288 g/mol. The van der Waals surface area contributed by atoms with Gasteiger partial charge >= 0.3 is 12.0 Å². The van der Waals surface area contributed by atoms with Crippen LogP contribution in [0.25, 0.3) is 0 Å². The van der Waals surface area contributed by atoms with Gasteiger partial charge in [0, 0.05) is 37.3 Å². The van der Waals surface area contributed by atoms with Crippen LogP contribution < -0.4 is 10.6 Å². The number of carbonyl (C=O) groups is 2. The Morgan fingerprint density at radius 2 is 1.89 bits per heavy atom. The van der Waals surface area contributed by atoms with E-state index in [1.54, 1.807) is 11.8 Å². The van der Waals surface area contributed by atoms with Crippen molar-refractivity contribution in [1.82, 2.24) is 10.6 Å². The zero-order valence-electron chi connectivity index (χ0n) is 11.0. The normalized spacial score (nSPS) is 23.4. The van der Waals surface area contributed by atoms with Gasteiger partial charge in [0.15, 0.2) is 0 Å². The minimum atomic E-state index is -1.18. The molecule has 1 saturated carbocycles. The number of carboxylic acid groups (broad SMARTS) is 1. The summed E-state index contributed by atoms with van der Waals surface area (Å²) in [5.41, 5.74) is -1.18. The highest BCUT2D eigenvalue weighted by molar-refractivity contribution is 8.00. The number of carboxylic acids is 1. The molecule has 1 aliphatic carbocycles. The molecule has 0 radical (unpaired) electrons. The summed E-state index contributed by atoms with van der Waals surface area (Å²) in [6, 6.07) is -0.398. The van der Waals surface area contributed by atoms with E-state index >= 15 is 0 Å². The number of rotatable bonds is 5. The molecule has 0 aromatic rings. The van der Waals surface area contributed by atoms with E-state index in [2.05, 4.69) is 10.6 Å². The molecule has 0 unspecified atom stereocenters. The molecular formula is C12H20N2O4S. The second kappa shape index (κ2) is 5.58. The van der Waals surface area contributed by atoms with Crippen molar-refractivity contribution in [3.63, 3.8) is 0 Å². The first kappa shape index (κ1) is 14.5. The van der Waals surface area contributed by atoms with E-state index in [0.29, 0.717) is 32.6 Å². The lowest BCUT2D eigenvalue weighted by Gasteiger charge is -2.34. The number of thioether (sulfide) groups is 1. The number of hydrogen-bond acceptors (Lipinski definition) is 4. The number of carbonyl (C=O) groups excluding carboxylic acids is 1. The first-order valence-electron chi connectivity index (χ1n) is 6.44. The summed E-state index contributed by atoms with van der Waals surface area (Å²) < 4.78 is 5.33. The van der Waals surface area contributed by atoms with Gasteiger partial charge in [-0.3, -0.25) is 0 Å². The SMILES string of the molecule is CSC1(CNC(=O)NC2(C(=O)O)CCOCC2)CC1. The number of nitrogens with one attached hydrogen (secondary N) is 2. The summed E-state index contributed by atoms with van der Waals surface area (Å²) in [5, 5.41) is 14.7. The van der Waals surface area contributed by atoms with E-state index in [1.807, 2.05) is 6.26 Å². The summed E-state index contributed by atoms with van der Waals surface area (Å²) in [6.45, 7) is 1.31. The third-order valence-corrected chi connectivity index (χ3v) is 5.34. The van der Waals surface area contributed by atoms with Gasteiger partial charge in [-0.05, 0) is 19.1 Å². The molecule has 6 nitrogen and oxygen atoms in total. The van der Waals surface area contributed by atoms with Gasteiger partial charge in [-0.25, -0.2) is 9.59 Å². The fourth-order valence-electron chi connectivity index (χ4n) is 2.21. The van der Waals surface area contributed by atoms with Crippen LogP contribution in [-0.2, 0) is 9.53 Å². The number of urea groups is 1. The lowest BCUT2D eigenvalue weighted by Crippen LogP contribution is -2.60. The summed E-state index contributed by atoms with van der Waals surface area (Å²) in [4.78, 5) is 23.3. The summed E-state index contributed by atoms with van der Waals surface area (Å²) >= 11 is 1.75. The lowest BCUT2D eigenvalue weighted by molar-refractivity contribution is -0.148. The van der Waals surface area contributed by atoms with Crippen LogP contribution in [0.2, 0.25) is 0 Å². The highest BCUT2D eigenvalue weighted by Crippen LogP contribution is 2.46. The van der Waals surface area contributed by atoms with E-state index in [-0.39, 0.29) is 4.75 Å². The van der Waals surface area contributed by atoms with Crippen LogP contribution in [0.3, 0.4) is 0 Å². The van der Waals surface area contributed by atoms with Gasteiger partial charge in [-0.2, -0.15) is 11.8 Å². The first-order chi connectivity index (χ1) is 9.02. The summed E-state index contributed by atoms with van der Waals surface area (Å²) in [5.74, 6) is -0.989. The van der Waals surface area contributed by atoms with Crippen molar-refractivity contribution < 1.29 is 19.4 Å². The van der Waals surface area contributed by atoms with Gasteiger partial charge in [0.2, 0.25) is 0 Å². The van der Waals surface area contributed by atoms with E-state index in [4.69, 9.17) is 4.74 Å². The third-order valence-electron chi connectivity index (χ3n) is 3.92. The largest absolute Gasteiger partial charge is 0.480 e.